The number of hydrogen-bond donors (Lipinski definition) is 0. The van der Waals surface area contributed by atoms with E-state index in [4.69, 9.17) is 0 Å². The predicted molar refractivity (Wildman–Crippen MR) is 98.2 cm³/mol. The van der Waals surface area contributed by atoms with Gasteiger partial charge in [0.05, 0.1) is 15.5 Å². The van der Waals surface area contributed by atoms with E-state index in [0.29, 0.717) is 10.0 Å². The van der Waals surface area contributed by atoms with Crippen LogP contribution < -0.4 is 0 Å². The maximum Gasteiger partial charge on any atom is 0.486 e. The molecule has 1 nitrogen and oxygen atoms in total. The lowest BCUT2D eigenvalue weighted by Crippen LogP contribution is -2.56. The summed E-state index contributed by atoms with van der Waals surface area (Å²) in [4.78, 5) is -0.897. The van der Waals surface area contributed by atoms with Gasteiger partial charge in [-0.3, -0.25) is 0 Å². The first-order valence-electron chi connectivity index (χ1n) is 6.77. The van der Waals surface area contributed by atoms with Gasteiger partial charge in [0.2, 0.25) is 0 Å². The van der Waals surface area contributed by atoms with Crippen LogP contribution in [0.5, 0.6) is 0 Å². The number of hydrogen-bond acceptors (Lipinski definition) is 1. The molecule has 0 bridgehead atoms. The van der Waals surface area contributed by atoms with Gasteiger partial charge in [-0.1, -0.05) is 66.0 Å². The molecule has 0 heterocycles. The average Bonchev–Trinajstić information content (AvgIpc) is 2.52. The molecule has 27 heavy (non-hydrogen) atoms. The van der Waals surface area contributed by atoms with Crippen LogP contribution in [-0.2, 0) is 15.5 Å². The number of allylic oxidation sites excluding steroid dienone is 3. The smallest absolute Gasteiger partial charge is 0.486 e. The summed E-state index contributed by atoms with van der Waals surface area (Å²) < 4.78 is 103. The van der Waals surface area contributed by atoms with Gasteiger partial charge < -0.3 is 4.55 Å². The molecule has 2 rings (SSSR count). The summed E-state index contributed by atoms with van der Waals surface area (Å²) in [5.74, 6) is -6.48. The van der Waals surface area contributed by atoms with Crippen molar-refractivity contribution in [1.82, 2.24) is 0 Å². The van der Waals surface area contributed by atoms with Crippen molar-refractivity contribution in [2.75, 3.05) is 0 Å². The van der Waals surface area contributed by atoms with Gasteiger partial charge in [-0.2, -0.15) is 22.0 Å². The topological polar surface area (TPSA) is 23.1 Å². The zero-order chi connectivity index (χ0) is 20.8. The van der Waals surface area contributed by atoms with Crippen molar-refractivity contribution in [3.8, 4) is 0 Å². The Morgan fingerprint density at radius 2 is 1.52 bits per heavy atom. The second kappa shape index (κ2) is 7.66. The van der Waals surface area contributed by atoms with Crippen LogP contribution >= 0.6 is 47.8 Å². The van der Waals surface area contributed by atoms with Crippen LogP contribution in [0.2, 0.25) is 0 Å². The fourth-order valence-corrected chi connectivity index (χ4v) is 6.24. The summed E-state index contributed by atoms with van der Waals surface area (Å²) >= 11 is 5.46. The van der Waals surface area contributed by atoms with E-state index in [-0.39, 0.29) is 4.48 Å². The van der Waals surface area contributed by atoms with E-state index in [1.165, 1.54) is 6.42 Å². The third-order valence-corrected chi connectivity index (χ3v) is 6.86. The monoisotopic (exact) mass is 605 g/mol. The minimum Gasteiger partial charge on any atom is -0.607 e. The third-order valence-electron chi connectivity index (χ3n) is 3.44. The van der Waals surface area contributed by atoms with Crippen molar-refractivity contribution in [3.63, 3.8) is 0 Å². The summed E-state index contributed by atoms with van der Waals surface area (Å²) in [6.07, 6.45) is -3.43. The Kier molecular flexibility index (Phi) is 6.59. The lowest BCUT2D eigenvalue weighted by atomic mass is 9.92. The summed E-state index contributed by atoms with van der Waals surface area (Å²) in [5, 5.41) is -5.87. The molecule has 1 aromatic carbocycles. The second-order valence-corrected chi connectivity index (χ2v) is 9.93. The first kappa shape index (κ1) is 23.2. The molecule has 0 N–H and O–H groups in total. The Bertz CT molecular complexity index is 794. The Morgan fingerprint density at radius 3 is 2.04 bits per heavy atom. The molecular weight excluding hydrogens is 601 g/mol. The molecule has 1 aliphatic carbocycles. The van der Waals surface area contributed by atoms with Crippen LogP contribution in [-0.4, -0.2) is 21.9 Å². The zero-order valence-electron chi connectivity index (χ0n) is 12.6. The molecule has 0 spiro atoms. The molecule has 1 aliphatic rings. The molecule has 2 atom stereocenters. The number of benzene rings is 1. The van der Waals surface area contributed by atoms with Crippen LogP contribution in [0, 0.1) is 6.42 Å². The molecule has 0 saturated carbocycles. The quantitative estimate of drug-likeness (QED) is 0.206. The van der Waals surface area contributed by atoms with E-state index in [9.17, 15) is 35.3 Å². The first-order chi connectivity index (χ1) is 12.1. The average molecular weight is 608 g/mol. The largest absolute Gasteiger partial charge is 0.607 e. The van der Waals surface area contributed by atoms with E-state index >= 15 is 0 Å². The van der Waals surface area contributed by atoms with E-state index in [2.05, 4.69) is 47.8 Å². The lowest BCUT2D eigenvalue weighted by Gasteiger charge is -2.32. The molecule has 0 saturated heterocycles. The fraction of sp³-hybridized carbons (Fsp3) is 0.267. The summed E-state index contributed by atoms with van der Waals surface area (Å²) in [5.41, 5.74) is 0.426. The highest BCUT2D eigenvalue weighted by molar-refractivity contribution is 9.12. The molecular formula is C15H7Br3F7OS. The van der Waals surface area contributed by atoms with Gasteiger partial charge in [0.15, 0.2) is 4.91 Å². The Morgan fingerprint density at radius 1 is 0.963 bits per heavy atom. The molecule has 0 aliphatic heterocycles. The molecule has 1 radical (unpaired) electrons. The highest BCUT2D eigenvalue weighted by atomic mass is 79.9. The van der Waals surface area contributed by atoms with Crippen molar-refractivity contribution < 1.29 is 35.3 Å². The van der Waals surface area contributed by atoms with Gasteiger partial charge in [-0.15, -0.1) is 8.78 Å². The van der Waals surface area contributed by atoms with E-state index < -0.39 is 37.8 Å². The number of halogens is 10. The number of rotatable bonds is 4. The van der Waals surface area contributed by atoms with Crippen LogP contribution in [0.25, 0.3) is 0 Å². The first-order valence-corrected chi connectivity index (χ1v) is 10.3. The molecule has 0 fully saturated rings. The normalized spacial score (nSPS) is 22.9. The van der Waals surface area contributed by atoms with Crippen molar-refractivity contribution in [1.29, 1.82) is 0 Å². The summed E-state index contributed by atoms with van der Waals surface area (Å²) in [6, 6.07) is 6.41. The van der Waals surface area contributed by atoms with Gasteiger partial charge >= 0.3 is 17.4 Å². The van der Waals surface area contributed by atoms with Crippen molar-refractivity contribution in [3.05, 3.63) is 62.3 Å². The predicted octanol–water partition coefficient (Wildman–Crippen LogP) is 6.96. The van der Waals surface area contributed by atoms with Crippen molar-refractivity contribution in [2.45, 2.75) is 21.7 Å². The molecule has 0 amide bonds. The van der Waals surface area contributed by atoms with E-state index in [1.807, 2.05) is 0 Å². The second-order valence-electron chi connectivity index (χ2n) is 5.33. The van der Waals surface area contributed by atoms with Gasteiger partial charge in [-0.05, 0) is 17.7 Å². The SMILES string of the molecule is [O-][S+](C1=CC(Br)(c2ccccc2Br)[CH]C(Br)=C1)C(F)(F)C(F)(F)C(F)(F)F. The third kappa shape index (κ3) is 4.29. The maximum absolute atomic E-state index is 13.8. The standard InChI is InChI=1S/C15H7Br3F7OS/c16-8-5-9(27(26)15(24,25)13(19,20)14(21,22)23)7-12(18,6-8)10-3-1-2-4-11(10)17/h1-7H. The van der Waals surface area contributed by atoms with Crippen LogP contribution in [0.15, 0.2) is 50.3 Å². The minimum atomic E-state index is -6.57. The van der Waals surface area contributed by atoms with Gasteiger partial charge in [0.1, 0.15) is 0 Å². The molecule has 12 heteroatoms. The van der Waals surface area contributed by atoms with Gasteiger partial charge in [-0.25, -0.2) is 0 Å². The van der Waals surface area contributed by atoms with E-state index in [0.717, 1.165) is 12.2 Å². The lowest BCUT2D eigenvalue weighted by molar-refractivity contribution is -0.331. The Hall–Kier alpha value is -0.0400. The van der Waals surface area contributed by atoms with Crippen molar-refractivity contribution >= 4 is 59.0 Å². The summed E-state index contributed by atoms with van der Waals surface area (Å²) in [6.45, 7) is 0. The van der Waals surface area contributed by atoms with Crippen LogP contribution in [0.1, 0.15) is 5.56 Å². The highest BCUT2D eigenvalue weighted by Gasteiger charge is 2.80. The van der Waals surface area contributed by atoms with Gasteiger partial charge in [0, 0.05) is 21.5 Å². The number of alkyl halides is 8. The zero-order valence-corrected chi connectivity index (χ0v) is 18.2. The van der Waals surface area contributed by atoms with E-state index in [1.54, 1.807) is 24.3 Å². The fourth-order valence-electron chi connectivity index (χ4n) is 2.13. The highest BCUT2D eigenvalue weighted by Crippen LogP contribution is 2.53. The minimum absolute atomic E-state index is 0.0621. The Balaban J connectivity index is 2.53. The molecule has 149 valence electrons. The van der Waals surface area contributed by atoms with Crippen molar-refractivity contribution in [2.24, 2.45) is 0 Å². The molecule has 1 aromatic rings. The van der Waals surface area contributed by atoms with Crippen LogP contribution in [0.4, 0.5) is 30.7 Å². The Labute approximate surface area is 177 Å². The maximum atomic E-state index is 13.8. The van der Waals surface area contributed by atoms with Crippen LogP contribution in [0.3, 0.4) is 0 Å². The summed E-state index contributed by atoms with van der Waals surface area (Å²) in [7, 11) is 0. The van der Waals surface area contributed by atoms with Gasteiger partial charge in [0.25, 0.3) is 0 Å². The molecule has 2 unspecified atom stereocenters. The molecule has 0 aromatic heterocycles.